The zero-order chi connectivity index (χ0) is 94.8. The van der Waals surface area contributed by atoms with Gasteiger partial charge < -0.3 is 0 Å². The summed E-state index contributed by atoms with van der Waals surface area (Å²) >= 11 is 5.63. The van der Waals surface area contributed by atoms with Crippen molar-refractivity contribution in [2.24, 2.45) is 0 Å². The molecule has 0 saturated carbocycles. The second-order valence-corrected chi connectivity index (χ2v) is 39.9. The van der Waals surface area contributed by atoms with Gasteiger partial charge in [-0.2, -0.15) is 0 Å². The molecular weight excluding hydrogens is 1810 g/mol. The number of hydrogen-bond acceptors (Lipinski definition) is 9. The summed E-state index contributed by atoms with van der Waals surface area (Å²) in [4.78, 5) is 0. The molecule has 30 aromatic rings. The van der Waals surface area contributed by atoms with Gasteiger partial charge in [-0.1, -0.05) is 425 Å². The number of nitrogens with zero attached hydrogens (tertiary/aromatic N) is 9. The van der Waals surface area contributed by atoms with E-state index >= 15 is 0 Å². The zero-order valence-corrected chi connectivity index (χ0v) is 80.0. The van der Waals surface area contributed by atoms with Crippen LogP contribution in [0.3, 0.4) is 0 Å². The van der Waals surface area contributed by atoms with Crippen LogP contribution in [0.1, 0.15) is 0 Å². The normalized spacial score (nSPS) is 11.8. The molecule has 0 atom stereocenters. The second-order valence-electron chi connectivity index (χ2n) is 36.7. The molecule has 9 heterocycles. The molecule has 0 aliphatic rings. The van der Waals surface area contributed by atoms with Crippen molar-refractivity contribution in [3.8, 4) is 134 Å². The summed E-state index contributed by atoms with van der Waals surface area (Å²) < 4.78 is 14.6. The van der Waals surface area contributed by atoms with Crippen molar-refractivity contribution >= 4 is 176 Å². The standard InChI is InChI=1S/3C44H27N3S/c1-2-11-28(12-3-1)43-45-46-44-38-19-5-4-17-35(38)39-27-32(23-24-40(39)47(43)44)30-14-8-13-29(25-30)31-15-9-16-33(26-31)34-20-10-21-37-36-18-6-7-22-41(36)48-42(34)37;1-2-13-28(14-3-1)43-45-46-44-38-21-9-8-19-34(38)39-27-29(25-26-40(39)47(43)44)30-15-4-5-16-31(30)32-17-6-7-18-33(32)36-22-12-23-37-35-20-10-11-24-41(35)48-42(36)37;1-2-9-32(10-3-1)43-45-46-44-38-13-5-4-11-35(38)39-27-33(25-26-40(39)47(43)44)30-19-17-28(18-20-30)29-21-23-31(24-22-29)34-14-8-15-37-36-12-6-7-16-41(36)48-42(34)37/h3*1-27H. The highest BCUT2D eigenvalue weighted by atomic mass is 32.1. The Hall–Kier alpha value is -18.3. The van der Waals surface area contributed by atoms with Crippen LogP contribution in [0.4, 0.5) is 0 Å². The molecule has 0 aliphatic carbocycles. The lowest BCUT2D eigenvalue weighted by atomic mass is 9.88. The number of rotatable bonds is 12. The summed E-state index contributed by atoms with van der Waals surface area (Å²) in [5.41, 5.74) is 31.0. The molecule has 0 bridgehead atoms. The Bertz CT molecular complexity index is 10400. The van der Waals surface area contributed by atoms with E-state index in [1.54, 1.807) is 0 Å². The van der Waals surface area contributed by atoms with Gasteiger partial charge in [-0.25, -0.2) is 0 Å². The van der Waals surface area contributed by atoms with E-state index in [9.17, 15) is 0 Å². The molecule has 0 saturated heterocycles. The van der Waals surface area contributed by atoms with Gasteiger partial charge in [0.15, 0.2) is 34.4 Å². The third kappa shape index (κ3) is 14.2. The minimum Gasteiger partial charge on any atom is -0.274 e. The zero-order valence-electron chi connectivity index (χ0n) is 77.5. The van der Waals surface area contributed by atoms with Crippen LogP contribution in [-0.2, 0) is 0 Å². The molecule has 9 aromatic heterocycles. The third-order valence-electron chi connectivity index (χ3n) is 28.6. The molecule has 0 radical (unpaired) electrons. The summed E-state index contributed by atoms with van der Waals surface area (Å²) in [5, 5.41) is 46.3. The first-order valence-corrected chi connectivity index (χ1v) is 51.0. The highest BCUT2D eigenvalue weighted by molar-refractivity contribution is 7.27. The predicted octanol–water partition coefficient (Wildman–Crippen LogP) is 36.2. The molecule has 0 amide bonds. The minimum atomic E-state index is 0.846. The van der Waals surface area contributed by atoms with Crippen molar-refractivity contribution in [2.75, 3.05) is 0 Å². The van der Waals surface area contributed by atoms with Crippen LogP contribution in [0.5, 0.6) is 0 Å². The fraction of sp³-hybridized carbons (Fsp3) is 0. The summed E-state index contributed by atoms with van der Waals surface area (Å²) in [5.74, 6) is 2.55. The average Bonchev–Trinajstić information content (AvgIpc) is 1.50. The topological polar surface area (TPSA) is 90.6 Å². The van der Waals surface area contributed by atoms with Crippen molar-refractivity contribution in [3.63, 3.8) is 0 Å². The summed E-state index contributed by atoms with van der Waals surface area (Å²) in [7, 11) is 0. The van der Waals surface area contributed by atoms with Gasteiger partial charge >= 0.3 is 0 Å². The number of aromatic nitrogens is 9. The molecule has 30 rings (SSSR count). The van der Waals surface area contributed by atoms with Gasteiger partial charge in [-0.15, -0.1) is 64.6 Å². The first-order valence-electron chi connectivity index (χ1n) is 48.5. The maximum atomic E-state index is 4.70. The Morgan fingerprint density at radius 2 is 0.368 bits per heavy atom. The quantitative estimate of drug-likeness (QED) is 0.113. The van der Waals surface area contributed by atoms with E-state index in [1.807, 2.05) is 88.6 Å². The van der Waals surface area contributed by atoms with Crippen molar-refractivity contribution < 1.29 is 0 Å². The molecular formula is C132H81N9S3. The lowest BCUT2D eigenvalue weighted by molar-refractivity contribution is 1.12. The first-order chi connectivity index (χ1) is 71.4. The van der Waals surface area contributed by atoms with Crippen LogP contribution in [0, 0.1) is 0 Å². The molecule has 12 heteroatoms. The lowest BCUT2D eigenvalue weighted by Crippen LogP contribution is -1.95. The number of fused-ring (bicyclic) bond motifs is 27. The summed E-state index contributed by atoms with van der Waals surface area (Å²) in [6, 6.07) is 176. The maximum Gasteiger partial charge on any atom is 0.169 e. The fourth-order valence-corrected chi connectivity index (χ4v) is 25.5. The number of hydrogen-bond donors (Lipinski definition) is 0. The number of pyridine rings is 3. The average molecular weight is 1890 g/mol. The van der Waals surface area contributed by atoms with E-state index in [0.29, 0.717) is 0 Å². The van der Waals surface area contributed by atoms with Crippen LogP contribution < -0.4 is 0 Å². The molecule has 672 valence electrons. The molecule has 9 nitrogen and oxygen atoms in total. The van der Waals surface area contributed by atoms with Crippen molar-refractivity contribution in [1.82, 2.24) is 43.8 Å². The van der Waals surface area contributed by atoms with Crippen LogP contribution >= 0.6 is 34.0 Å². The smallest absolute Gasteiger partial charge is 0.169 e. The highest BCUT2D eigenvalue weighted by Gasteiger charge is 2.25. The van der Waals surface area contributed by atoms with Crippen LogP contribution in [0.2, 0.25) is 0 Å². The van der Waals surface area contributed by atoms with Crippen molar-refractivity contribution in [3.05, 3.63) is 491 Å². The van der Waals surface area contributed by atoms with Gasteiger partial charge in [0, 0.05) is 115 Å². The van der Waals surface area contributed by atoms with E-state index in [4.69, 9.17) is 5.10 Å². The van der Waals surface area contributed by atoms with E-state index in [1.165, 1.54) is 193 Å². The molecule has 0 N–H and O–H groups in total. The van der Waals surface area contributed by atoms with Gasteiger partial charge in [0.25, 0.3) is 0 Å². The molecule has 0 unspecified atom stereocenters. The van der Waals surface area contributed by atoms with E-state index in [2.05, 4.69) is 475 Å². The van der Waals surface area contributed by atoms with Crippen molar-refractivity contribution in [2.45, 2.75) is 0 Å². The molecule has 0 fully saturated rings. The summed E-state index contributed by atoms with van der Waals surface area (Å²) in [6.07, 6.45) is 0. The van der Waals surface area contributed by atoms with Gasteiger partial charge in [0.05, 0.1) is 16.6 Å². The largest absolute Gasteiger partial charge is 0.274 e. The monoisotopic (exact) mass is 1890 g/mol. The fourth-order valence-electron chi connectivity index (χ4n) is 21.8. The minimum absolute atomic E-state index is 0.846. The first kappa shape index (κ1) is 83.8. The summed E-state index contributed by atoms with van der Waals surface area (Å²) in [6.45, 7) is 0. The highest BCUT2D eigenvalue weighted by Crippen LogP contribution is 2.49. The van der Waals surface area contributed by atoms with E-state index < -0.39 is 0 Å². The Morgan fingerprint density at radius 3 is 0.778 bits per heavy atom. The Kier molecular flexibility index (Phi) is 20.3. The number of benzene rings is 21. The van der Waals surface area contributed by atoms with Crippen molar-refractivity contribution in [1.29, 1.82) is 0 Å². The third-order valence-corrected chi connectivity index (χ3v) is 32.2. The van der Waals surface area contributed by atoms with Gasteiger partial charge in [-0.05, 0) is 177 Å². The van der Waals surface area contributed by atoms with Crippen LogP contribution in [0.25, 0.3) is 277 Å². The van der Waals surface area contributed by atoms with Gasteiger partial charge in [-0.3, -0.25) is 13.2 Å². The maximum absolute atomic E-state index is 4.70. The van der Waals surface area contributed by atoms with Crippen LogP contribution in [0.15, 0.2) is 491 Å². The second kappa shape index (κ2) is 34.9. The number of thiophene rings is 3. The Labute approximate surface area is 839 Å². The molecule has 21 aromatic carbocycles. The molecule has 0 aliphatic heterocycles. The Morgan fingerprint density at radius 1 is 0.132 bits per heavy atom. The predicted molar refractivity (Wildman–Crippen MR) is 608 cm³/mol. The lowest BCUT2D eigenvalue weighted by Gasteiger charge is -2.16. The van der Waals surface area contributed by atoms with Gasteiger partial charge in [0.1, 0.15) is 0 Å². The van der Waals surface area contributed by atoms with Crippen LogP contribution in [-0.4, -0.2) is 43.8 Å². The van der Waals surface area contributed by atoms with E-state index in [0.717, 1.165) is 83.8 Å². The SMILES string of the molecule is c1ccc(-c2nnc3c4ccccc4c4cc(-c5ccc(-c6ccc(-c7cccc8c7sc7ccccc78)cc6)cc5)ccc4n23)cc1.c1ccc(-c2nnc3c4ccccc4c4cc(-c5cccc(-c6cccc(-c7cccc8c7sc7ccccc78)c6)c5)ccc4n23)cc1.c1ccc(-c2nnc3c4ccccc4c4cc(-c5ccccc5-c5ccccc5-c5cccc6c5sc5ccccc56)ccc4n23)cc1. The van der Waals surface area contributed by atoms with E-state index in [-0.39, 0.29) is 0 Å². The Balaban J connectivity index is 0.000000105. The molecule has 0 spiro atoms. The molecule has 144 heavy (non-hydrogen) atoms. The van der Waals surface area contributed by atoms with Gasteiger partial charge in [0.2, 0.25) is 0 Å².